The molecule has 5 heteroatoms. The van der Waals surface area contributed by atoms with Crippen molar-refractivity contribution in [2.24, 2.45) is 0 Å². The monoisotopic (exact) mass is 264 g/mol. The molecule has 0 radical (unpaired) electrons. The molecule has 0 bridgehead atoms. The third-order valence-corrected chi connectivity index (χ3v) is 3.43. The molecular formula is C14H20N2O3. The van der Waals surface area contributed by atoms with E-state index in [1.54, 1.807) is 21.1 Å². The zero-order chi connectivity index (χ0) is 13.8. The van der Waals surface area contributed by atoms with Gasteiger partial charge in [0, 0.05) is 32.1 Å². The molecule has 1 fully saturated rings. The molecule has 1 aliphatic heterocycles. The van der Waals surface area contributed by atoms with Crippen LogP contribution in [0.2, 0.25) is 0 Å². The molecule has 1 heterocycles. The van der Waals surface area contributed by atoms with Gasteiger partial charge in [-0.25, -0.2) is 0 Å². The van der Waals surface area contributed by atoms with Crippen LogP contribution in [-0.2, 0) is 4.79 Å². The highest BCUT2D eigenvalue weighted by Crippen LogP contribution is 2.30. The highest BCUT2D eigenvalue weighted by atomic mass is 16.5. The number of carbonyl (C=O) groups excluding carboxylic acids is 1. The summed E-state index contributed by atoms with van der Waals surface area (Å²) in [5, 5.41) is 3.42. The average Bonchev–Trinajstić information content (AvgIpc) is 2.46. The van der Waals surface area contributed by atoms with Gasteiger partial charge in [0.25, 0.3) is 0 Å². The summed E-state index contributed by atoms with van der Waals surface area (Å²) in [7, 11) is 3.29. The normalized spacial score (nSPS) is 19.1. The van der Waals surface area contributed by atoms with Crippen LogP contribution in [0.1, 0.15) is 18.5 Å². The van der Waals surface area contributed by atoms with Crippen molar-refractivity contribution >= 4 is 5.91 Å². The highest BCUT2D eigenvalue weighted by Gasteiger charge is 2.24. The second-order valence-electron chi connectivity index (χ2n) is 4.58. The molecule has 1 aromatic carbocycles. The lowest BCUT2D eigenvalue weighted by atomic mass is 10.0. The highest BCUT2D eigenvalue weighted by molar-refractivity contribution is 5.73. The minimum atomic E-state index is 0.0719. The van der Waals surface area contributed by atoms with Gasteiger partial charge >= 0.3 is 0 Å². The molecule has 0 aliphatic carbocycles. The molecular weight excluding hydrogens is 244 g/mol. The van der Waals surface area contributed by atoms with E-state index >= 15 is 0 Å². The molecule has 104 valence electrons. The number of methoxy groups -OCH3 is 2. The molecule has 1 amide bonds. The van der Waals surface area contributed by atoms with Crippen molar-refractivity contribution in [2.75, 3.05) is 33.9 Å². The fourth-order valence-corrected chi connectivity index (χ4v) is 2.36. The number of nitrogens with one attached hydrogen (secondary N) is 1. The fraction of sp³-hybridized carbons (Fsp3) is 0.500. The van der Waals surface area contributed by atoms with Gasteiger partial charge in [0.15, 0.2) is 0 Å². The summed E-state index contributed by atoms with van der Waals surface area (Å²) >= 11 is 0. The van der Waals surface area contributed by atoms with Crippen molar-refractivity contribution in [3.05, 3.63) is 23.8 Å². The van der Waals surface area contributed by atoms with Crippen molar-refractivity contribution in [1.82, 2.24) is 10.2 Å². The fourth-order valence-electron chi connectivity index (χ4n) is 2.36. The summed E-state index contributed by atoms with van der Waals surface area (Å²) in [6.07, 6.45) is 0. The van der Waals surface area contributed by atoms with Crippen molar-refractivity contribution in [1.29, 1.82) is 0 Å². The Labute approximate surface area is 113 Å². The average molecular weight is 264 g/mol. The van der Waals surface area contributed by atoms with Crippen molar-refractivity contribution < 1.29 is 14.3 Å². The Kier molecular flexibility index (Phi) is 4.27. The van der Waals surface area contributed by atoms with Gasteiger partial charge in [-0.05, 0) is 18.2 Å². The van der Waals surface area contributed by atoms with Gasteiger partial charge in [0.05, 0.1) is 20.3 Å². The first kappa shape index (κ1) is 13.7. The van der Waals surface area contributed by atoms with E-state index in [0.717, 1.165) is 30.2 Å². The molecule has 1 saturated heterocycles. The van der Waals surface area contributed by atoms with Crippen LogP contribution in [0.15, 0.2) is 18.2 Å². The number of rotatable bonds is 3. The van der Waals surface area contributed by atoms with Gasteiger partial charge in [-0.1, -0.05) is 0 Å². The lowest BCUT2D eigenvalue weighted by Crippen LogP contribution is -2.47. The molecule has 1 aliphatic rings. The van der Waals surface area contributed by atoms with E-state index in [0.29, 0.717) is 6.54 Å². The van der Waals surface area contributed by atoms with E-state index in [4.69, 9.17) is 9.47 Å². The summed E-state index contributed by atoms with van der Waals surface area (Å²) < 4.78 is 10.7. The second kappa shape index (κ2) is 5.93. The van der Waals surface area contributed by atoms with E-state index in [1.807, 2.05) is 23.1 Å². The Morgan fingerprint density at radius 2 is 2.16 bits per heavy atom. The Bertz CT molecular complexity index is 462. The molecule has 0 spiro atoms. The number of piperazine rings is 1. The summed E-state index contributed by atoms with van der Waals surface area (Å²) in [5.41, 5.74) is 1.02. The van der Waals surface area contributed by atoms with E-state index in [9.17, 15) is 4.79 Å². The third-order valence-electron chi connectivity index (χ3n) is 3.43. The van der Waals surface area contributed by atoms with Crippen LogP contribution in [0.4, 0.5) is 0 Å². The predicted octanol–water partition coefficient (Wildman–Crippen LogP) is 1.20. The Morgan fingerprint density at radius 3 is 2.79 bits per heavy atom. The molecule has 1 aromatic rings. The maximum Gasteiger partial charge on any atom is 0.219 e. The standard InChI is InChI=1S/C14H20N2O3/c1-10(17)16-7-6-15-13(9-16)12-8-11(18-2)4-5-14(12)19-3/h4-5,8,13,15H,6-7,9H2,1-3H3. The maximum atomic E-state index is 11.5. The number of ether oxygens (including phenoxy) is 2. The van der Waals surface area contributed by atoms with Crippen molar-refractivity contribution in [2.45, 2.75) is 13.0 Å². The first-order valence-corrected chi connectivity index (χ1v) is 6.36. The van der Waals surface area contributed by atoms with Crippen LogP contribution >= 0.6 is 0 Å². The van der Waals surface area contributed by atoms with Crippen LogP contribution < -0.4 is 14.8 Å². The van der Waals surface area contributed by atoms with Crippen LogP contribution in [-0.4, -0.2) is 44.7 Å². The molecule has 1 unspecified atom stereocenters. The summed E-state index contributed by atoms with van der Waals surface area (Å²) in [6.45, 7) is 3.78. The van der Waals surface area contributed by atoms with Gasteiger partial charge in [0.1, 0.15) is 11.5 Å². The number of amides is 1. The number of hydrogen-bond acceptors (Lipinski definition) is 4. The van der Waals surface area contributed by atoms with E-state index in [-0.39, 0.29) is 11.9 Å². The van der Waals surface area contributed by atoms with Crippen LogP contribution in [0, 0.1) is 0 Å². The summed E-state index contributed by atoms with van der Waals surface area (Å²) in [4.78, 5) is 13.3. The van der Waals surface area contributed by atoms with Crippen molar-refractivity contribution in [3.8, 4) is 11.5 Å². The molecule has 0 aromatic heterocycles. The van der Waals surface area contributed by atoms with Crippen LogP contribution in [0.5, 0.6) is 11.5 Å². The smallest absolute Gasteiger partial charge is 0.219 e. The van der Waals surface area contributed by atoms with E-state index in [2.05, 4.69) is 5.32 Å². The van der Waals surface area contributed by atoms with E-state index in [1.165, 1.54) is 0 Å². The van der Waals surface area contributed by atoms with Gasteiger partial charge in [-0.15, -0.1) is 0 Å². The lowest BCUT2D eigenvalue weighted by Gasteiger charge is -2.34. The Hall–Kier alpha value is -1.75. The number of benzene rings is 1. The second-order valence-corrected chi connectivity index (χ2v) is 4.58. The number of carbonyl (C=O) groups is 1. The molecule has 5 nitrogen and oxygen atoms in total. The third kappa shape index (κ3) is 2.98. The number of hydrogen-bond donors (Lipinski definition) is 1. The first-order valence-electron chi connectivity index (χ1n) is 6.36. The Morgan fingerprint density at radius 1 is 1.37 bits per heavy atom. The molecule has 1 N–H and O–H groups in total. The van der Waals surface area contributed by atoms with Gasteiger partial charge in [0.2, 0.25) is 5.91 Å². The SMILES string of the molecule is COc1ccc(OC)c(C2CN(C(C)=O)CCN2)c1. The molecule has 0 saturated carbocycles. The molecule has 2 rings (SSSR count). The van der Waals surface area contributed by atoms with Crippen LogP contribution in [0.25, 0.3) is 0 Å². The van der Waals surface area contributed by atoms with E-state index < -0.39 is 0 Å². The predicted molar refractivity (Wildman–Crippen MR) is 72.5 cm³/mol. The lowest BCUT2D eigenvalue weighted by molar-refractivity contribution is -0.130. The zero-order valence-corrected chi connectivity index (χ0v) is 11.6. The number of nitrogens with zero attached hydrogens (tertiary/aromatic N) is 1. The first-order chi connectivity index (χ1) is 9.15. The topological polar surface area (TPSA) is 50.8 Å². The van der Waals surface area contributed by atoms with Gasteiger partial charge in [-0.2, -0.15) is 0 Å². The molecule has 19 heavy (non-hydrogen) atoms. The largest absolute Gasteiger partial charge is 0.497 e. The summed E-state index contributed by atoms with van der Waals surface area (Å²) in [6, 6.07) is 5.79. The quantitative estimate of drug-likeness (QED) is 0.891. The minimum Gasteiger partial charge on any atom is -0.497 e. The maximum absolute atomic E-state index is 11.5. The van der Waals surface area contributed by atoms with Gasteiger partial charge in [-0.3, -0.25) is 4.79 Å². The van der Waals surface area contributed by atoms with Crippen LogP contribution in [0.3, 0.4) is 0 Å². The van der Waals surface area contributed by atoms with Crippen molar-refractivity contribution in [3.63, 3.8) is 0 Å². The summed E-state index contributed by atoms with van der Waals surface area (Å²) in [5.74, 6) is 1.70. The molecule has 1 atom stereocenters. The minimum absolute atomic E-state index is 0.0719. The zero-order valence-electron chi connectivity index (χ0n) is 11.6. The Balaban J connectivity index is 2.26. The van der Waals surface area contributed by atoms with Gasteiger partial charge < -0.3 is 19.7 Å².